The second kappa shape index (κ2) is 9.32. The van der Waals surface area contributed by atoms with E-state index in [-0.39, 0.29) is 11.9 Å². The van der Waals surface area contributed by atoms with E-state index in [2.05, 4.69) is 19.2 Å². The zero-order valence-electron chi connectivity index (χ0n) is 12.8. The quantitative estimate of drug-likeness (QED) is 0.720. The topological polar surface area (TPSA) is 41.6 Å². The smallest absolute Gasteiger partial charge is 0.239 e. The summed E-state index contributed by atoms with van der Waals surface area (Å²) in [5.74, 6) is 0.807. The fourth-order valence-corrected chi connectivity index (χ4v) is 2.32. The van der Waals surface area contributed by atoms with Crippen molar-refractivity contribution in [2.24, 2.45) is 5.92 Å². The van der Waals surface area contributed by atoms with Gasteiger partial charge < -0.3 is 15.0 Å². The number of carbonyl (C=O) groups excluding carboxylic acids is 1. The van der Waals surface area contributed by atoms with Crippen molar-refractivity contribution in [3.05, 3.63) is 0 Å². The normalized spacial score (nSPS) is 18.4. The zero-order chi connectivity index (χ0) is 14.1. The SMILES string of the molecule is CC(C)COCCNC(C)C(=O)N1CCCCCC1. The standard InChI is InChI=1S/C15H30N2O2/c1-13(2)12-19-11-8-16-14(3)15(18)17-9-6-4-5-7-10-17/h13-14,16H,4-12H2,1-3H3. The van der Waals surface area contributed by atoms with Crippen LogP contribution in [-0.4, -0.2) is 49.7 Å². The molecule has 1 aliphatic heterocycles. The third-order valence-electron chi connectivity index (χ3n) is 3.44. The van der Waals surface area contributed by atoms with Crippen molar-refractivity contribution >= 4 is 5.91 Å². The molecule has 0 aromatic rings. The van der Waals surface area contributed by atoms with Crippen LogP contribution in [0.1, 0.15) is 46.5 Å². The number of rotatable bonds is 7. The fraction of sp³-hybridized carbons (Fsp3) is 0.933. The molecule has 1 N–H and O–H groups in total. The first-order valence-electron chi connectivity index (χ1n) is 7.71. The maximum absolute atomic E-state index is 12.2. The van der Waals surface area contributed by atoms with Gasteiger partial charge in [0.15, 0.2) is 0 Å². The fourth-order valence-electron chi connectivity index (χ4n) is 2.32. The highest BCUT2D eigenvalue weighted by molar-refractivity contribution is 5.81. The Morgan fingerprint density at radius 3 is 2.37 bits per heavy atom. The summed E-state index contributed by atoms with van der Waals surface area (Å²) in [7, 11) is 0. The monoisotopic (exact) mass is 270 g/mol. The Labute approximate surface area is 117 Å². The van der Waals surface area contributed by atoms with Crippen molar-refractivity contribution in [1.82, 2.24) is 10.2 Å². The van der Waals surface area contributed by atoms with Gasteiger partial charge in [0.2, 0.25) is 5.91 Å². The minimum Gasteiger partial charge on any atom is -0.380 e. The lowest BCUT2D eigenvalue weighted by Gasteiger charge is -2.24. The van der Waals surface area contributed by atoms with E-state index in [4.69, 9.17) is 4.74 Å². The van der Waals surface area contributed by atoms with Crippen LogP contribution in [0.3, 0.4) is 0 Å². The van der Waals surface area contributed by atoms with Crippen molar-refractivity contribution in [3.8, 4) is 0 Å². The first kappa shape index (κ1) is 16.4. The average Bonchev–Trinajstić information content (AvgIpc) is 2.65. The van der Waals surface area contributed by atoms with Gasteiger partial charge in [-0.2, -0.15) is 0 Å². The summed E-state index contributed by atoms with van der Waals surface area (Å²) >= 11 is 0. The van der Waals surface area contributed by atoms with Crippen molar-refractivity contribution in [2.45, 2.75) is 52.5 Å². The molecule has 0 aromatic heterocycles. The Balaban J connectivity index is 2.16. The second-order valence-electron chi connectivity index (χ2n) is 5.88. The van der Waals surface area contributed by atoms with Gasteiger partial charge >= 0.3 is 0 Å². The molecule has 1 unspecified atom stereocenters. The lowest BCUT2D eigenvalue weighted by Crippen LogP contribution is -2.46. The number of likely N-dealkylation sites (tertiary alicyclic amines) is 1. The van der Waals surface area contributed by atoms with Crippen LogP contribution >= 0.6 is 0 Å². The van der Waals surface area contributed by atoms with Gasteiger partial charge in [0.1, 0.15) is 0 Å². The maximum atomic E-state index is 12.2. The van der Waals surface area contributed by atoms with E-state index in [1.54, 1.807) is 0 Å². The number of carbonyl (C=O) groups is 1. The predicted octanol–water partition coefficient (Wildman–Crippen LogP) is 2.04. The van der Waals surface area contributed by atoms with E-state index in [1.165, 1.54) is 12.8 Å². The highest BCUT2D eigenvalue weighted by Crippen LogP contribution is 2.10. The van der Waals surface area contributed by atoms with E-state index in [1.807, 2.05) is 11.8 Å². The van der Waals surface area contributed by atoms with Crippen molar-refractivity contribution < 1.29 is 9.53 Å². The highest BCUT2D eigenvalue weighted by atomic mass is 16.5. The maximum Gasteiger partial charge on any atom is 0.239 e. The minimum absolute atomic E-state index is 0.0965. The van der Waals surface area contributed by atoms with Gasteiger partial charge in [0, 0.05) is 26.2 Å². The summed E-state index contributed by atoms with van der Waals surface area (Å²) in [5.41, 5.74) is 0. The van der Waals surface area contributed by atoms with E-state index >= 15 is 0 Å². The summed E-state index contributed by atoms with van der Waals surface area (Å²) in [5, 5.41) is 3.26. The molecule has 0 saturated carbocycles. The van der Waals surface area contributed by atoms with Crippen LogP contribution in [0, 0.1) is 5.92 Å². The minimum atomic E-state index is -0.0965. The van der Waals surface area contributed by atoms with Crippen LogP contribution in [0.5, 0.6) is 0 Å². The second-order valence-corrected chi connectivity index (χ2v) is 5.88. The Hall–Kier alpha value is -0.610. The Morgan fingerprint density at radius 1 is 1.16 bits per heavy atom. The van der Waals surface area contributed by atoms with E-state index in [0.29, 0.717) is 12.5 Å². The number of hydrogen-bond acceptors (Lipinski definition) is 3. The van der Waals surface area contributed by atoms with Gasteiger partial charge in [-0.15, -0.1) is 0 Å². The molecule has 0 spiro atoms. The molecule has 4 nitrogen and oxygen atoms in total. The van der Waals surface area contributed by atoms with E-state index in [9.17, 15) is 4.79 Å². The van der Waals surface area contributed by atoms with Gasteiger partial charge in [-0.25, -0.2) is 0 Å². The van der Waals surface area contributed by atoms with Crippen LogP contribution in [0.4, 0.5) is 0 Å². The summed E-state index contributed by atoms with van der Waals surface area (Å²) in [6.45, 7) is 10.3. The first-order chi connectivity index (χ1) is 9.11. The first-order valence-corrected chi connectivity index (χ1v) is 7.71. The van der Waals surface area contributed by atoms with Gasteiger partial charge in [-0.1, -0.05) is 26.7 Å². The molecule has 0 aliphatic carbocycles. The molecule has 1 saturated heterocycles. The number of nitrogens with zero attached hydrogens (tertiary/aromatic N) is 1. The third-order valence-corrected chi connectivity index (χ3v) is 3.44. The molecule has 112 valence electrons. The van der Waals surface area contributed by atoms with Crippen LogP contribution in [0.15, 0.2) is 0 Å². The Bertz CT molecular complexity index is 249. The molecular weight excluding hydrogens is 240 g/mol. The highest BCUT2D eigenvalue weighted by Gasteiger charge is 2.20. The van der Waals surface area contributed by atoms with Crippen LogP contribution in [0.2, 0.25) is 0 Å². The van der Waals surface area contributed by atoms with Gasteiger partial charge in [0.05, 0.1) is 12.6 Å². The van der Waals surface area contributed by atoms with Crippen molar-refractivity contribution in [2.75, 3.05) is 32.8 Å². The van der Waals surface area contributed by atoms with Crippen molar-refractivity contribution in [1.29, 1.82) is 0 Å². The van der Waals surface area contributed by atoms with Crippen LogP contribution < -0.4 is 5.32 Å². The van der Waals surface area contributed by atoms with Crippen molar-refractivity contribution in [3.63, 3.8) is 0 Å². The van der Waals surface area contributed by atoms with Gasteiger partial charge in [-0.05, 0) is 25.7 Å². The zero-order valence-corrected chi connectivity index (χ0v) is 12.8. The molecule has 1 aliphatic rings. The van der Waals surface area contributed by atoms with Gasteiger partial charge in [-0.3, -0.25) is 4.79 Å². The molecule has 1 amide bonds. The molecule has 0 radical (unpaired) electrons. The summed E-state index contributed by atoms with van der Waals surface area (Å²) in [6, 6.07) is -0.0965. The van der Waals surface area contributed by atoms with Crippen LogP contribution in [0.25, 0.3) is 0 Å². The summed E-state index contributed by atoms with van der Waals surface area (Å²) in [6.07, 6.45) is 4.81. The molecule has 1 fully saturated rings. The Morgan fingerprint density at radius 2 is 1.79 bits per heavy atom. The predicted molar refractivity (Wildman–Crippen MR) is 78.2 cm³/mol. The molecule has 1 atom stereocenters. The largest absolute Gasteiger partial charge is 0.380 e. The molecule has 1 heterocycles. The lowest BCUT2D eigenvalue weighted by atomic mass is 10.2. The average molecular weight is 270 g/mol. The number of hydrogen-bond donors (Lipinski definition) is 1. The third kappa shape index (κ3) is 6.92. The molecule has 4 heteroatoms. The van der Waals surface area contributed by atoms with Crippen LogP contribution in [-0.2, 0) is 9.53 Å². The molecule has 0 aromatic carbocycles. The number of nitrogens with one attached hydrogen (secondary N) is 1. The summed E-state index contributed by atoms with van der Waals surface area (Å²) in [4.78, 5) is 14.3. The lowest BCUT2D eigenvalue weighted by molar-refractivity contribution is -0.133. The molecule has 1 rings (SSSR count). The number of amides is 1. The van der Waals surface area contributed by atoms with E-state index in [0.717, 1.165) is 39.1 Å². The van der Waals surface area contributed by atoms with E-state index < -0.39 is 0 Å². The molecular formula is C15H30N2O2. The van der Waals surface area contributed by atoms with Gasteiger partial charge in [0.25, 0.3) is 0 Å². The molecule has 19 heavy (non-hydrogen) atoms. The Kier molecular flexibility index (Phi) is 8.07. The molecule has 0 bridgehead atoms. The summed E-state index contributed by atoms with van der Waals surface area (Å²) < 4.78 is 5.50. The number of ether oxygens (including phenoxy) is 1.